The van der Waals surface area contributed by atoms with Crippen LogP contribution in [0.5, 0.6) is 0 Å². The molecule has 6 atom stereocenters. The highest BCUT2D eigenvalue weighted by Gasteiger charge is 2.66. The quantitative estimate of drug-likeness (QED) is 0.435. The van der Waals surface area contributed by atoms with Crippen molar-refractivity contribution in [2.24, 2.45) is 11.8 Å². The van der Waals surface area contributed by atoms with E-state index < -0.39 is 49.9 Å². The van der Waals surface area contributed by atoms with Crippen molar-refractivity contribution in [2.45, 2.75) is 35.6 Å². The van der Waals surface area contributed by atoms with E-state index in [0.717, 1.165) is 0 Å². The maximum Gasteiger partial charge on any atom is 0.439 e. The van der Waals surface area contributed by atoms with Gasteiger partial charge < -0.3 is 9.29 Å². The predicted octanol–water partition coefficient (Wildman–Crippen LogP) is -0.150. The van der Waals surface area contributed by atoms with Crippen molar-refractivity contribution < 1.29 is 39.7 Å². The number of carbonyl (C=O) groups excluding carboxylic acids is 1. The standard InChI is InChI=1S/C9H10F2O7S2/c10-9(11,19(13)14)8(12)17-6-3-1-4-5(2-3)20(15,16)18-7(4)6/h3-7H,1-2H2,(H,13,14). The average Bonchev–Trinajstić information content (AvgIpc) is 2.92. The van der Waals surface area contributed by atoms with E-state index in [1.165, 1.54) is 0 Å². The fraction of sp³-hybridized carbons (Fsp3) is 0.889. The summed E-state index contributed by atoms with van der Waals surface area (Å²) in [4.78, 5) is 11.2. The number of ether oxygens (including phenoxy) is 1. The zero-order valence-corrected chi connectivity index (χ0v) is 11.4. The van der Waals surface area contributed by atoms with Gasteiger partial charge in [-0.25, -0.2) is 9.00 Å². The van der Waals surface area contributed by atoms with E-state index in [-0.39, 0.29) is 18.3 Å². The van der Waals surface area contributed by atoms with Crippen LogP contribution in [-0.4, -0.2) is 45.9 Å². The highest BCUT2D eigenvalue weighted by molar-refractivity contribution is 7.87. The van der Waals surface area contributed by atoms with Crippen molar-refractivity contribution >= 4 is 27.2 Å². The first-order chi connectivity index (χ1) is 9.14. The smallest absolute Gasteiger partial charge is 0.439 e. The summed E-state index contributed by atoms with van der Waals surface area (Å²) in [7, 11) is -3.74. The molecule has 7 nitrogen and oxygen atoms in total. The van der Waals surface area contributed by atoms with Crippen LogP contribution < -0.4 is 0 Å². The van der Waals surface area contributed by atoms with Gasteiger partial charge in [0.05, 0.1) is 5.25 Å². The highest BCUT2D eigenvalue weighted by atomic mass is 32.2. The minimum atomic E-state index is -4.54. The summed E-state index contributed by atoms with van der Waals surface area (Å²) >= 11 is -3.69. The van der Waals surface area contributed by atoms with E-state index in [4.69, 9.17) is 8.74 Å². The van der Waals surface area contributed by atoms with Crippen LogP contribution >= 0.6 is 0 Å². The lowest BCUT2D eigenvalue weighted by atomic mass is 9.94. The number of hydrogen-bond donors (Lipinski definition) is 1. The van der Waals surface area contributed by atoms with Gasteiger partial charge >= 0.3 is 11.2 Å². The molecular weight excluding hydrogens is 322 g/mol. The maximum absolute atomic E-state index is 13.0. The number of carbonyl (C=O) groups is 1. The predicted molar refractivity (Wildman–Crippen MR) is 59.4 cm³/mol. The summed E-state index contributed by atoms with van der Waals surface area (Å²) in [6.45, 7) is 0. The van der Waals surface area contributed by atoms with Crippen LogP contribution in [0.1, 0.15) is 12.8 Å². The molecule has 3 fully saturated rings. The van der Waals surface area contributed by atoms with Gasteiger partial charge in [0.15, 0.2) is 0 Å². The van der Waals surface area contributed by atoms with E-state index in [9.17, 15) is 26.2 Å². The lowest BCUT2D eigenvalue weighted by Gasteiger charge is -2.25. The Hall–Kier alpha value is -0.650. The molecule has 2 saturated carbocycles. The Kier molecular flexibility index (Phi) is 2.99. The molecular formula is C9H10F2O7S2. The van der Waals surface area contributed by atoms with Crippen molar-refractivity contribution in [1.82, 2.24) is 0 Å². The van der Waals surface area contributed by atoms with Crippen molar-refractivity contribution in [3.63, 3.8) is 0 Å². The second-order valence-corrected chi connectivity index (χ2v) is 7.92. The Morgan fingerprint density at radius 2 is 2.05 bits per heavy atom. The highest BCUT2D eigenvalue weighted by Crippen LogP contribution is 2.55. The number of rotatable bonds is 3. The molecule has 0 aromatic rings. The van der Waals surface area contributed by atoms with Gasteiger partial charge in [0, 0.05) is 11.8 Å². The summed E-state index contributed by atoms with van der Waals surface area (Å²) in [6.07, 6.45) is -1.47. The Bertz CT molecular complexity index is 589. The van der Waals surface area contributed by atoms with Crippen LogP contribution in [0.25, 0.3) is 0 Å². The molecule has 0 aromatic heterocycles. The van der Waals surface area contributed by atoms with Crippen molar-refractivity contribution in [3.8, 4) is 0 Å². The molecule has 3 aliphatic rings. The molecule has 6 unspecified atom stereocenters. The van der Waals surface area contributed by atoms with Gasteiger partial charge in [0.1, 0.15) is 12.2 Å². The number of hydrogen-bond acceptors (Lipinski definition) is 6. The molecule has 0 amide bonds. The molecule has 2 aliphatic carbocycles. The van der Waals surface area contributed by atoms with Gasteiger partial charge in [0.25, 0.3) is 10.1 Å². The van der Waals surface area contributed by atoms with Crippen LogP contribution in [0.15, 0.2) is 0 Å². The van der Waals surface area contributed by atoms with E-state index >= 15 is 0 Å². The lowest BCUT2D eigenvalue weighted by molar-refractivity contribution is -0.173. The first kappa shape index (κ1) is 14.3. The molecule has 1 heterocycles. The molecule has 1 N–H and O–H groups in total. The molecule has 20 heavy (non-hydrogen) atoms. The Morgan fingerprint density at radius 3 is 2.65 bits per heavy atom. The number of fused-ring (bicyclic) bond motifs is 1. The minimum absolute atomic E-state index is 0.190. The summed E-state index contributed by atoms with van der Waals surface area (Å²) in [5, 5.41) is -5.21. The molecule has 11 heteroatoms. The second-order valence-electron chi connectivity index (χ2n) is 5.12. The Balaban J connectivity index is 1.79. The number of halogens is 2. The summed E-state index contributed by atoms with van der Waals surface area (Å²) in [5.41, 5.74) is 0. The fourth-order valence-electron chi connectivity index (χ4n) is 3.31. The largest absolute Gasteiger partial charge is 0.454 e. The van der Waals surface area contributed by atoms with Gasteiger partial charge in [-0.15, -0.1) is 0 Å². The van der Waals surface area contributed by atoms with Crippen LogP contribution in [0.4, 0.5) is 8.78 Å². The van der Waals surface area contributed by atoms with Gasteiger partial charge in [-0.05, 0) is 12.8 Å². The molecule has 3 rings (SSSR count). The summed E-state index contributed by atoms with van der Waals surface area (Å²) in [6, 6.07) is 0. The monoisotopic (exact) mass is 332 g/mol. The number of alkyl halides is 2. The van der Waals surface area contributed by atoms with E-state index in [2.05, 4.69) is 4.74 Å². The summed E-state index contributed by atoms with van der Waals surface area (Å²) < 4.78 is 77.5. The van der Waals surface area contributed by atoms with Crippen LogP contribution in [0.3, 0.4) is 0 Å². The Morgan fingerprint density at radius 1 is 1.40 bits per heavy atom. The lowest BCUT2D eigenvalue weighted by Crippen LogP contribution is -2.43. The maximum atomic E-state index is 13.0. The first-order valence-corrected chi connectivity index (χ1v) is 8.34. The third-order valence-corrected chi connectivity index (χ3v) is 6.49. The first-order valence-electron chi connectivity index (χ1n) is 5.76. The fourth-order valence-corrected chi connectivity index (χ4v) is 5.38. The van der Waals surface area contributed by atoms with Gasteiger partial charge in [-0.1, -0.05) is 0 Å². The van der Waals surface area contributed by atoms with Gasteiger partial charge in [0.2, 0.25) is 11.1 Å². The van der Waals surface area contributed by atoms with Crippen LogP contribution in [0, 0.1) is 11.8 Å². The molecule has 0 radical (unpaired) electrons. The van der Waals surface area contributed by atoms with E-state index in [0.29, 0.717) is 6.42 Å². The van der Waals surface area contributed by atoms with Gasteiger partial charge in [-0.2, -0.15) is 17.2 Å². The Labute approximate surface area is 115 Å². The molecule has 114 valence electrons. The molecule has 1 saturated heterocycles. The van der Waals surface area contributed by atoms with Crippen molar-refractivity contribution in [3.05, 3.63) is 0 Å². The topological polar surface area (TPSA) is 107 Å². The molecule has 1 aliphatic heterocycles. The SMILES string of the molecule is O=C(OC1C2CC3C1OS(=O)(=O)C3C2)C(F)(F)S(=O)O. The van der Waals surface area contributed by atoms with Crippen molar-refractivity contribution in [2.75, 3.05) is 0 Å². The molecule has 0 aromatic carbocycles. The second kappa shape index (κ2) is 4.18. The molecule has 0 spiro atoms. The van der Waals surface area contributed by atoms with Gasteiger partial charge in [-0.3, -0.25) is 4.18 Å². The van der Waals surface area contributed by atoms with Crippen molar-refractivity contribution in [1.29, 1.82) is 0 Å². The molecule has 2 bridgehead atoms. The third kappa shape index (κ3) is 1.83. The summed E-state index contributed by atoms with van der Waals surface area (Å²) in [5.74, 6) is -2.88. The zero-order chi connectivity index (χ0) is 14.9. The van der Waals surface area contributed by atoms with E-state index in [1.54, 1.807) is 0 Å². The normalized spacial score (nSPS) is 42.6. The minimum Gasteiger partial charge on any atom is -0.454 e. The zero-order valence-electron chi connectivity index (χ0n) is 9.77. The third-order valence-electron chi connectivity index (χ3n) is 4.11. The van der Waals surface area contributed by atoms with Crippen LogP contribution in [0.2, 0.25) is 0 Å². The van der Waals surface area contributed by atoms with E-state index in [1.807, 2.05) is 0 Å². The number of esters is 1. The van der Waals surface area contributed by atoms with Crippen LogP contribution in [-0.2, 0) is 34.9 Å². The average molecular weight is 332 g/mol.